The number of anilines is 1. The third-order valence-electron chi connectivity index (χ3n) is 5.33. The van der Waals surface area contributed by atoms with Crippen LogP contribution in [0.25, 0.3) is 10.8 Å². The maximum absolute atomic E-state index is 12.7. The first-order valence-electron chi connectivity index (χ1n) is 8.49. The first kappa shape index (κ1) is 14.9. The second-order valence-corrected chi connectivity index (χ2v) is 7.63. The first-order chi connectivity index (χ1) is 12.2. The van der Waals surface area contributed by atoms with Crippen molar-refractivity contribution >= 4 is 38.2 Å². The Bertz CT molecular complexity index is 1040. The van der Waals surface area contributed by atoms with Gasteiger partial charge < -0.3 is 5.32 Å². The zero-order chi connectivity index (χ0) is 17.0. The van der Waals surface area contributed by atoms with Crippen molar-refractivity contribution in [1.82, 2.24) is 0 Å². The maximum atomic E-state index is 12.7. The molecule has 0 aromatic heterocycles. The normalized spacial score (nSPS) is 21.5. The monoisotopic (exact) mass is 389 g/mol. The Morgan fingerprint density at radius 2 is 1.72 bits per heavy atom. The van der Waals surface area contributed by atoms with Crippen LogP contribution in [0.1, 0.15) is 23.5 Å². The molecule has 2 aliphatic rings. The molecule has 3 heteroatoms. The lowest BCUT2D eigenvalue weighted by Crippen LogP contribution is -2.29. The van der Waals surface area contributed by atoms with Gasteiger partial charge in [-0.15, -0.1) is 0 Å². The Kier molecular flexibility index (Phi) is 3.32. The van der Waals surface area contributed by atoms with Crippen molar-refractivity contribution in [2.75, 3.05) is 5.32 Å². The van der Waals surface area contributed by atoms with Crippen molar-refractivity contribution in [3.05, 3.63) is 88.0 Å². The van der Waals surface area contributed by atoms with E-state index in [0.29, 0.717) is 12.2 Å². The number of carbonyl (C=O) groups excluding carboxylic acids is 1. The van der Waals surface area contributed by atoms with Crippen LogP contribution in [0, 0.1) is 5.92 Å². The third kappa shape index (κ3) is 2.26. The number of nitrogens with one attached hydrogen (secondary N) is 1. The number of allylic oxidation sites excluding steroid dienone is 2. The van der Waals surface area contributed by atoms with Crippen LogP contribution in [0.2, 0.25) is 0 Å². The fraction of sp³-hybridized carbons (Fsp3) is 0.136. The lowest BCUT2D eigenvalue weighted by molar-refractivity contribution is -0.120. The average molecular weight is 390 g/mol. The van der Waals surface area contributed by atoms with Crippen LogP contribution in [0.15, 0.2) is 76.9 Å². The standard InChI is InChI=1S/C22H16BrNO/c23-15-8-5-14(6-9-15)20-21-16-4-2-1-3-13(16)7-10-17(21)24-18-11-12-19(25)22(18)20/h1-11,20,22,24H,12H2/t20-,22+/m0/s1. The fourth-order valence-electron chi connectivity index (χ4n) is 4.22. The molecule has 122 valence electrons. The Balaban J connectivity index is 1.82. The summed E-state index contributed by atoms with van der Waals surface area (Å²) in [5.41, 5.74) is 4.59. The van der Waals surface area contributed by atoms with E-state index in [9.17, 15) is 4.79 Å². The number of carbonyl (C=O) groups is 1. The van der Waals surface area contributed by atoms with Crippen molar-refractivity contribution in [3.63, 3.8) is 0 Å². The van der Waals surface area contributed by atoms with E-state index in [1.807, 2.05) is 0 Å². The summed E-state index contributed by atoms with van der Waals surface area (Å²) >= 11 is 3.52. The van der Waals surface area contributed by atoms with E-state index in [-0.39, 0.29) is 11.8 Å². The Labute approximate surface area is 154 Å². The van der Waals surface area contributed by atoms with Crippen molar-refractivity contribution in [1.29, 1.82) is 0 Å². The van der Waals surface area contributed by atoms with Gasteiger partial charge in [-0.05, 0) is 40.1 Å². The van der Waals surface area contributed by atoms with Gasteiger partial charge in [-0.25, -0.2) is 0 Å². The molecule has 0 amide bonds. The molecule has 1 heterocycles. The van der Waals surface area contributed by atoms with Crippen LogP contribution in [0.5, 0.6) is 0 Å². The first-order valence-corrected chi connectivity index (χ1v) is 9.28. The molecule has 0 bridgehead atoms. The molecule has 1 N–H and O–H groups in total. The largest absolute Gasteiger partial charge is 0.358 e. The molecule has 2 atom stereocenters. The molecule has 1 aliphatic heterocycles. The molecule has 0 radical (unpaired) electrons. The van der Waals surface area contributed by atoms with Crippen molar-refractivity contribution in [3.8, 4) is 0 Å². The Morgan fingerprint density at radius 1 is 0.920 bits per heavy atom. The highest BCUT2D eigenvalue weighted by molar-refractivity contribution is 9.10. The zero-order valence-electron chi connectivity index (χ0n) is 13.5. The molecule has 25 heavy (non-hydrogen) atoms. The molecular formula is C22H16BrNO. The highest BCUT2D eigenvalue weighted by Crippen LogP contribution is 2.49. The van der Waals surface area contributed by atoms with Crippen molar-refractivity contribution in [2.24, 2.45) is 5.92 Å². The van der Waals surface area contributed by atoms with E-state index in [2.05, 4.69) is 88.0 Å². The van der Waals surface area contributed by atoms with Gasteiger partial charge in [0.1, 0.15) is 5.78 Å². The van der Waals surface area contributed by atoms with Crippen LogP contribution in [-0.4, -0.2) is 5.78 Å². The van der Waals surface area contributed by atoms with Gasteiger partial charge in [0.05, 0.1) is 5.92 Å². The van der Waals surface area contributed by atoms with E-state index in [1.54, 1.807) is 0 Å². The van der Waals surface area contributed by atoms with Crippen LogP contribution >= 0.6 is 15.9 Å². The molecule has 0 fully saturated rings. The van der Waals surface area contributed by atoms with Gasteiger partial charge in [0, 0.05) is 28.2 Å². The highest BCUT2D eigenvalue weighted by Gasteiger charge is 2.41. The summed E-state index contributed by atoms with van der Waals surface area (Å²) in [6.45, 7) is 0. The Morgan fingerprint density at radius 3 is 2.56 bits per heavy atom. The van der Waals surface area contributed by atoms with Crippen LogP contribution in [0.4, 0.5) is 5.69 Å². The lowest BCUT2D eigenvalue weighted by atomic mass is 9.74. The number of benzene rings is 3. The minimum absolute atomic E-state index is 0.0525. The van der Waals surface area contributed by atoms with Gasteiger partial charge in [0.25, 0.3) is 0 Å². The molecule has 3 aromatic carbocycles. The lowest BCUT2D eigenvalue weighted by Gasteiger charge is -2.34. The molecule has 3 aromatic rings. The second-order valence-electron chi connectivity index (χ2n) is 6.71. The molecule has 0 unspecified atom stereocenters. The summed E-state index contributed by atoms with van der Waals surface area (Å²) in [4.78, 5) is 12.7. The van der Waals surface area contributed by atoms with E-state index in [4.69, 9.17) is 0 Å². The minimum atomic E-state index is -0.112. The van der Waals surface area contributed by atoms with Gasteiger partial charge in [0.15, 0.2) is 0 Å². The number of ketones is 1. The average Bonchev–Trinajstić information content (AvgIpc) is 3.01. The summed E-state index contributed by atoms with van der Waals surface area (Å²) in [6.07, 6.45) is 2.57. The van der Waals surface area contributed by atoms with Crippen molar-refractivity contribution in [2.45, 2.75) is 12.3 Å². The van der Waals surface area contributed by atoms with Gasteiger partial charge in [0.2, 0.25) is 0 Å². The highest BCUT2D eigenvalue weighted by atomic mass is 79.9. The maximum Gasteiger partial charge on any atom is 0.146 e. The topological polar surface area (TPSA) is 29.1 Å². The number of Topliss-reactive ketones (excluding diaryl/α,β-unsaturated/α-hetero) is 1. The molecule has 0 saturated carbocycles. The molecule has 0 spiro atoms. The van der Waals surface area contributed by atoms with Gasteiger partial charge >= 0.3 is 0 Å². The van der Waals surface area contributed by atoms with Crippen molar-refractivity contribution < 1.29 is 4.79 Å². The molecular weight excluding hydrogens is 374 g/mol. The number of hydrogen-bond acceptors (Lipinski definition) is 2. The van der Waals surface area contributed by atoms with E-state index < -0.39 is 0 Å². The fourth-order valence-corrected chi connectivity index (χ4v) is 4.49. The van der Waals surface area contributed by atoms with E-state index in [1.165, 1.54) is 21.9 Å². The SMILES string of the molecule is O=C1CC=C2Nc3ccc4ccccc4c3[C@H](c3ccc(Br)cc3)[C@@H]12. The third-order valence-corrected chi connectivity index (χ3v) is 5.86. The van der Waals surface area contributed by atoms with Crippen LogP contribution in [0.3, 0.4) is 0 Å². The Hall–Kier alpha value is -2.39. The second kappa shape index (κ2) is 5.57. The van der Waals surface area contributed by atoms with Gasteiger partial charge in [-0.3, -0.25) is 4.79 Å². The van der Waals surface area contributed by atoms with Gasteiger partial charge in [-0.2, -0.15) is 0 Å². The summed E-state index contributed by atoms with van der Waals surface area (Å²) in [5, 5.41) is 5.96. The summed E-state index contributed by atoms with van der Waals surface area (Å²) < 4.78 is 1.05. The van der Waals surface area contributed by atoms with Gasteiger partial charge in [-0.1, -0.05) is 64.5 Å². The predicted octanol–water partition coefficient (Wildman–Crippen LogP) is 5.63. The smallest absolute Gasteiger partial charge is 0.146 e. The van der Waals surface area contributed by atoms with E-state index >= 15 is 0 Å². The van der Waals surface area contributed by atoms with Crippen LogP contribution in [-0.2, 0) is 4.79 Å². The predicted molar refractivity (Wildman–Crippen MR) is 105 cm³/mol. The summed E-state index contributed by atoms with van der Waals surface area (Å²) in [5.74, 6) is 0.241. The van der Waals surface area contributed by atoms with Crippen LogP contribution < -0.4 is 5.32 Å². The summed E-state index contributed by atoms with van der Waals surface area (Å²) in [7, 11) is 0. The zero-order valence-corrected chi connectivity index (χ0v) is 15.1. The molecule has 2 nitrogen and oxygen atoms in total. The molecule has 5 rings (SSSR count). The molecule has 1 aliphatic carbocycles. The molecule has 0 saturated heterocycles. The number of hydrogen-bond donors (Lipinski definition) is 1. The number of fused-ring (bicyclic) bond motifs is 4. The minimum Gasteiger partial charge on any atom is -0.358 e. The summed E-state index contributed by atoms with van der Waals surface area (Å²) in [6, 6.07) is 21.1. The number of halogens is 1. The quantitative estimate of drug-likeness (QED) is 0.583. The number of rotatable bonds is 1. The van der Waals surface area contributed by atoms with E-state index in [0.717, 1.165) is 15.9 Å².